The van der Waals surface area contributed by atoms with Gasteiger partial charge in [-0.25, -0.2) is 9.97 Å². The van der Waals surface area contributed by atoms with E-state index < -0.39 is 4.92 Å². The van der Waals surface area contributed by atoms with E-state index in [1.54, 1.807) is 18.5 Å². The smallest absolute Gasteiger partial charge is 0.279 e. The van der Waals surface area contributed by atoms with Crippen molar-refractivity contribution in [3.05, 3.63) is 52.3 Å². The summed E-state index contributed by atoms with van der Waals surface area (Å²) < 4.78 is 0. The first-order valence-electron chi connectivity index (χ1n) is 4.73. The molecule has 0 N–H and O–H groups in total. The Balaban J connectivity index is 2.53. The highest BCUT2D eigenvalue weighted by Gasteiger charge is 2.14. The predicted molar refractivity (Wildman–Crippen MR) is 59.5 cm³/mol. The zero-order chi connectivity index (χ0) is 12.3. The van der Waals surface area contributed by atoms with Crippen molar-refractivity contribution >= 4 is 12.0 Å². The number of aldehydes is 1. The summed E-state index contributed by atoms with van der Waals surface area (Å²) in [7, 11) is 0. The largest absolute Gasteiger partial charge is 0.298 e. The third-order valence-corrected chi connectivity index (χ3v) is 2.18. The lowest BCUT2D eigenvalue weighted by atomic mass is 10.1. The number of nitro benzene ring substituents is 1. The van der Waals surface area contributed by atoms with Gasteiger partial charge in [0.2, 0.25) is 0 Å². The predicted octanol–water partition coefficient (Wildman–Crippen LogP) is 1.86. The molecule has 6 heteroatoms. The minimum Gasteiger partial charge on any atom is -0.298 e. The van der Waals surface area contributed by atoms with E-state index in [0.717, 1.165) is 0 Å². The molecule has 0 aliphatic carbocycles. The van der Waals surface area contributed by atoms with E-state index in [4.69, 9.17) is 0 Å². The van der Waals surface area contributed by atoms with Crippen molar-refractivity contribution in [1.29, 1.82) is 0 Å². The standard InChI is InChI=1S/C11H7N3O3/c15-7-9-6-8(2-3-10(9)14(16)17)11-12-4-1-5-13-11/h1-7H. The van der Waals surface area contributed by atoms with Crippen LogP contribution in [0.4, 0.5) is 5.69 Å². The summed E-state index contributed by atoms with van der Waals surface area (Å²) in [5, 5.41) is 10.6. The molecular weight excluding hydrogens is 222 g/mol. The number of carbonyl (C=O) groups excluding carboxylic acids is 1. The summed E-state index contributed by atoms with van der Waals surface area (Å²) in [4.78, 5) is 28.8. The number of aromatic nitrogens is 2. The molecule has 1 aromatic heterocycles. The molecule has 0 radical (unpaired) electrons. The zero-order valence-corrected chi connectivity index (χ0v) is 8.61. The van der Waals surface area contributed by atoms with E-state index in [2.05, 4.69) is 9.97 Å². The molecule has 0 bridgehead atoms. The van der Waals surface area contributed by atoms with E-state index in [0.29, 0.717) is 17.7 Å². The first-order valence-corrected chi connectivity index (χ1v) is 4.73. The van der Waals surface area contributed by atoms with E-state index >= 15 is 0 Å². The van der Waals surface area contributed by atoms with Gasteiger partial charge in [-0.1, -0.05) is 0 Å². The molecule has 1 aromatic carbocycles. The normalized spacial score (nSPS) is 9.88. The van der Waals surface area contributed by atoms with Gasteiger partial charge in [-0.2, -0.15) is 0 Å². The zero-order valence-electron chi connectivity index (χ0n) is 8.61. The van der Waals surface area contributed by atoms with Crippen LogP contribution in [-0.4, -0.2) is 21.2 Å². The molecule has 17 heavy (non-hydrogen) atoms. The van der Waals surface area contributed by atoms with Crippen LogP contribution < -0.4 is 0 Å². The first kappa shape index (κ1) is 10.9. The Hall–Kier alpha value is -2.63. The van der Waals surface area contributed by atoms with Crippen LogP contribution in [0.3, 0.4) is 0 Å². The lowest BCUT2D eigenvalue weighted by Crippen LogP contribution is -1.95. The Labute approximate surface area is 96.1 Å². The van der Waals surface area contributed by atoms with E-state index in [1.165, 1.54) is 18.2 Å². The third-order valence-electron chi connectivity index (χ3n) is 2.18. The molecule has 0 fully saturated rings. The second-order valence-corrected chi connectivity index (χ2v) is 3.22. The molecule has 2 aromatic rings. The second kappa shape index (κ2) is 4.48. The van der Waals surface area contributed by atoms with Crippen molar-refractivity contribution in [1.82, 2.24) is 9.97 Å². The Morgan fingerprint density at radius 3 is 2.53 bits per heavy atom. The van der Waals surface area contributed by atoms with Gasteiger partial charge in [0.05, 0.1) is 10.5 Å². The number of hydrogen-bond donors (Lipinski definition) is 0. The van der Waals surface area contributed by atoms with Crippen molar-refractivity contribution < 1.29 is 9.72 Å². The van der Waals surface area contributed by atoms with Gasteiger partial charge in [0.1, 0.15) is 0 Å². The van der Waals surface area contributed by atoms with Crippen LogP contribution in [0.5, 0.6) is 0 Å². The first-order chi connectivity index (χ1) is 8.22. The van der Waals surface area contributed by atoms with Gasteiger partial charge < -0.3 is 0 Å². The summed E-state index contributed by atoms with van der Waals surface area (Å²) in [6.45, 7) is 0. The van der Waals surface area contributed by atoms with Gasteiger partial charge in [-0.05, 0) is 18.2 Å². The SMILES string of the molecule is O=Cc1cc(-c2ncccn2)ccc1[N+](=O)[O-]. The van der Waals surface area contributed by atoms with Crippen LogP contribution in [0.1, 0.15) is 10.4 Å². The fourth-order valence-corrected chi connectivity index (χ4v) is 1.40. The number of nitrogens with zero attached hydrogens (tertiary/aromatic N) is 3. The van der Waals surface area contributed by atoms with Gasteiger partial charge >= 0.3 is 0 Å². The fraction of sp³-hybridized carbons (Fsp3) is 0. The highest BCUT2D eigenvalue weighted by molar-refractivity contribution is 5.83. The Morgan fingerprint density at radius 1 is 1.24 bits per heavy atom. The quantitative estimate of drug-likeness (QED) is 0.455. The van der Waals surface area contributed by atoms with Crippen LogP contribution in [0.2, 0.25) is 0 Å². The second-order valence-electron chi connectivity index (χ2n) is 3.22. The summed E-state index contributed by atoms with van der Waals surface area (Å²) in [6.07, 6.45) is 3.57. The van der Waals surface area contributed by atoms with Gasteiger partial charge in [0, 0.05) is 24.0 Å². The number of hydrogen-bond acceptors (Lipinski definition) is 5. The van der Waals surface area contributed by atoms with Crippen LogP contribution in [0, 0.1) is 10.1 Å². The minimum absolute atomic E-state index is 0.0138. The van der Waals surface area contributed by atoms with Crippen molar-refractivity contribution in [2.45, 2.75) is 0 Å². The summed E-state index contributed by atoms with van der Waals surface area (Å²) in [6, 6.07) is 5.85. The van der Waals surface area contributed by atoms with Crippen LogP contribution in [0.25, 0.3) is 11.4 Å². The maximum atomic E-state index is 10.8. The average molecular weight is 229 g/mol. The molecule has 0 aliphatic heterocycles. The van der Waals surface area contributed by atoms with E-state index in [9.17, 15) is 14.9 Å². The molecule has 6 nitrogen and oxygen atoms in total. The summed E-state index contributed by atoms with van der Waals surface area (Å²) >= 11 is 0. The Bertz CT molecular complexity index is 569. The van der Waals surface area contributed by atoms with E-state index in [1.807, 2.05) is 0 Å². The maximum Gasteiger partial charge on any atom is 0.279 e. The molecule has 0 saturated carbocycles. The van der Waals surface area contributed by atoms with Crippen molar-refractivity contribution in [3.8, 4) is 11.4 Å². The molecule has 1 heterocycles. The molecular formula is C11H7N3O3. The van der Waals surface area contributed by atoms with Gasteiger partial charge in [-0.3, -0.25) is 14.9 Å². The number of benzene rings is 1. The fourth-order valence-electron chi connectivity index (χ4n) is 1.40. The average Bonchev–Trinajstić information content (AvgIpc) is 2.39. The minimum atomic E-state index is -0.598. The molecule has 0 saturated heterocycles. The van der Waals surface area contributed by atoms with Gasteiger partial charge in [0.15, 0.2) is 12.1 Å². The molecule has 0 amide bonds. The number of nitro groups is 1. The van der Waals surface area contributed by atoms with Crippen LogP contribution in [0.15, 0.2) is 36.7 Å². The number of rotatable bonds is 3. The highest BCUT2D eigenvalue weighted by atomic mass is 16.6. The van der Waals surface area contributed by atoms with Crippen LogP contribution >= 0.6 is 0 Å². The Morgan fingerprint density at radius 2 is 1.94 bits per heavy atom. The highest BCUT2D eigenvalue weighted by Crippen LogP contribution is 2.22. The van der Waals surface area contributed by atoms with Crippen molar-refractivity contribution in [2.24, 2.45) is 0 Å². The lowest BCUT2D eigenvalue weighted by molar-refractivity contribution is -0.385. The lowest BCUT2D eigenvalue weighted by Gasteiger charge is -2.00. The van der Waals surface area contributed by atoms with Crippen molar-refractivity contribution in [2.75, 3.05) is 0 Å². The monoisotopic (exact) mass is 229 g/mol. The molecule has 84 valence electrons. The summed E-state index contributed by atoms with van der Waals surface area (Å²) in [5.74, 6) is 0.422. The molecule has 2 rings (SSSR count). The number of carbonyl (C=O) groups is 1. The molecule has 0 unspecified atom stereocenters. The Kier molecular flexibility index (Phi) is 2.87. The molecule has 0 spiro atoms. The maximum absolute atomic E-state index is 10.8. The van der Waals surface area contributed by atoms with Crippen molar-refractivity contribution in [3.63, 3.8) is 0 Å². The van der Waals surface area contributed by atoms with Gasteiger partial charge in [-0.15, -0.1) is 0 Å². The van der Waals surface area contributed by atoms with Crippen LogP contribution in [-0.2, 0) is 0 Å². The topological polar surface area (TPSA) is 86.0 Å². The third kappa shape index (κ3) is 2.15. The molecule has 0 atom stereocenters. The van der Waals surface area contributed by atoms with E-state index in [-0.39, 0.29) is 11.3 Å². The summed E-state index contributed by atoms with van der Waals surface area (Å²) in [5.41, 5.74) is 0.359. The molecule has 0 aliphatic rings. The van der Waals surface area contributed by atoms with Gasteiger partial charge in [0.25, 0.3) is 5.69 Å².